The standard InChI is InChI=1S/C12H11F3N4O/c1-4-7-5-8(11(20)16-3)10-17-9(12(13,14)15)6(2)19(10)18-7/h4-5H,1H2,2-3H3,(H,16,20). The van der Waals surface area contributed by atoms with Crippen molar-refractivity contribution in [2.24, 2.45) is 0 Å². The summed E-state index contributed by atoms with van der Waals surface area (Å²) >= 11 is 0. The van der Waals surface area contributed by atoms with E-state index in [-0.39, 0.29) is 22.6 Å². The van der Waals surface area contributed by atoms with Crippen molar-refractivity contribution in [3.63, 3.8) is 0 Å². The van der Waals surface area contributed by atoms with Crippen LogP contribution in [0.25, 0.3) is 11.7 Å². The van der Waals surface area contributed by atoms with Crippen LogP contribution >= 0.6 is 0 Å². The average Bonchev–Trinajstić information content (AvgIpc) is 2.74. The van der Waals surface area contributed by atoms with Crippen molar-refractivity contribution in [2.45, 2.75) is 13.1 Å². The molecule has 2 aromatic heterocycles. The zero-order chi connectivity index (χ0) is 15.1. The Kier molecular flexibility index (Phi) is 3.24. The molecule has 0 saturated heterocycles. The predicted molar refractivity (Wildman–Crippen MR) is 66.2 cm³/mol. The number of aryl methyl sites for hydroxylation is 1. The number of carbonyl (C=O) groups is 1. The number of carbonyl (C=O) groups excluding carboxylic acids is 1. The molecule has 106 valence electrons. The summed E-state index contributed by atoms with van der Waals surface area (Å²) in [7, 11) is 1.38. The summed E-state index contributed by atoms with van der Waals surface area (Å²) in [5.41, 5.74) is -1.08. The van der Waals surface area contributed by atoms with Gasteiger partial charge in [-0.15, -0.1) is 0 Å². The fourth-order valence-electron chi connectivity index (χ4n) is 1.82. The number of halogens is 3. The van der Waals surface area contributed by atoms with E-state index in [0.717, 1.165) is 4.52 Å². The highest BCUT2D eigenvalue weighted by Crippen LogP contribution is 2.31. The third-order valence-electron chi connectivity index (χ3n) is 2.78. The second kappa shape index (κ2) is 4.62. The van der Waals surface area contributed by atoms with Gasteiger partial charge in [-0.05, 0) is 19.1 Å². The average molecular weight is 284 g/mol. The normalized spacial score (nSPS) is 11.7. The minimum atomic E-state index is -4.61. The van der Waals surface area contributed by atoms with Crippen LogP contribution in [0, 0.1) is 6.92 Å². The van der Waals surface area contributed by atoms with Gasteiger partial charge in [-0.2, -0.15) is 18.3 Å². The molecular formula is C12H11F3N4O. The predicted octanol–water partition coefficient (Wildman–Crippen LogP) is 2.06. The lowest BCUT2D eigenvalue weighted by molar-refractivity contribution is -0.141. The number of alkyl halides is 3. The molecule has 2 aromatic rings. The number of nitrogens with one attached hydrogen (secondary N) is 1. The van der Waals surface area contributed by atoms with Crippen molar-refractivity contribution < 1.29 is 18.0 Å². The number of aromatic nitrogens is 3. The van der Waals surface area contributed by atoms with Crippen LogP contribution in [0.15, 0.2) is 12.6 Å². The quantitative estimate of drug-likeness (QED) is 0.918. The SMILES string of the molecule is C=Cc1cc(C(=O)NC)c2nc(C(F)(F)F)c(C)n2n1. The summed E-state index contributed by atoms with van der Waals surface area (Å²) < 4.78 is 39.6. The maximum atomic E-state index is 12.9. The van der Waals surface area contributed by atoms with E-state index >= 15 is 0 Å². The van der Waals surface area contributed by atoms with E-state index in [0.29, 0.717) is 0 Å². The van der Waals surface area contributed by atoms with Gasteiger partial charge in [0.15, 0.2) is 11.3 Å². The second-order valence-corrected chi connectivity index (χ2v) is 4.05. The molecule has 0 fully saturated rings. The van der Waals surface area contributed by atoms with Crippen LogP contribution in [0.4, 0.5) is 13.2 Å². The Morgan fingerprint density at radius 2 is 2.15 bits per heavy atom. The van der Waals surface area contributed by atoms with Crippen molar-refractivity contribution in [2.75, 3.05) is 7.05 Å². The van der Waals surface area contributed by atoms with E-state index < -0.39 is 17.8 Å². The molecule has 2 heterocycles. The van der Waals surface area contributed by atoms with Crippen molar-refractivity contribution in [1.82, 2.24) is 19.9 Å². The first kappa shape index (κ1) is 14.0. The molecule has 0 aliphatic carbocycles. The van der Waals surface area contributed by atoms with Crippen LogP contribution in [0.3, 0.4) is 0 Å². The monoisotopic (exact) mass is 284 g/mol. The van der Waals surface area contributed by atoms with Crippen LogP contribution in [0.1, 0.15) is 27.4 Å². The first-order valence-corrected chi connectivity index (χ1v) is 5.61. The maximum absolute atomic E-state index is 12.9. The van der Waals surface area contributed by atoms with Gasteiger partial charge in [0.1, 0.15) is 0 Å². The van der Waals surface area contributed by atoms with Crippen LogP contribution < -0.4 is 5.32 Å². The lowest BCUT2D eigenvalue weighted by atomic mass is 10.2. The molecule has 0 aromatic carbocycles. The van der Waals surface area contributed by atoms with Crippen LogP contribution in [0.5, 0.6) is 0 Å². The molecule has 0 bridgehead atoms. The molecule has 1 N–H and O–H groups in total. The molecule has 0 saturated carbocycles. The zero-order valence-electron chi connectivity index (χ0n) is 10.7. The summed E-state index contributed by atoms with van der Waals surface area (Å²) in [5.74, 6) is -0.542. The van der Waals surface area contributed by atoms with E-state index in [4.69, 9.17) is 0 Å². The van der Waals surface area contributed by atoms with Gasteiger partial charge < -0.3 is 5.32 Å². The highest BCUT2D eigenvalue weighted by molar-refractivity contribution is 6.00. The molecule has 0 radical (unpaired) electrons. The Balaban J connectivity index is 2.86. The van der Waals surface area contributed by atoms with Crippen molar-refractivity contribution in [3.05, 3.63) is 35.3 Å². The Hall–Kier alpha value is -2.38. The highest BCUT2D eigenvalue weighted by atomic mass is 19.4. The molecular weight excluding hydrogens is 273 g/mol. The summed E-state index contributed by atoms with van der Waals surface area (Å²) in [6, 6.07) is 1.34. The smallest absolute Gasteiger partial charge is 0.355 e. The van der Waals surface area contributed by atoms with Crippen LogP contribution in [-0.2, 0) is 6.18 Å². The van der Waals surface area contributed by atoms with Crippen molar-refractivity contribution in [1.29, 1.82) is 0 Å². The molecule has 0 atom stereocenters. The number of nitrogens with zero attached hydrogens (tertiary/aromatic N) is 3. The second-order valence-electron chi connectivity index (χ2n) is 4.05. The van der Waals surface area contributed by atoms with Gasteiger partial charge in [0, 0.05) is 7.05 Å². The minimum Gasteiger partial charge on any atom is -0.355 e. The topological polar surface area (TPSA) is 59.3 Å². The van der Waals surface area contributed by atoms with E-state index in [9.17, 15) is 18.0 Å². The van der Waals surface area contributed by atoms with Gasteiger partial charge in [-0.3, -0.25) is 4.79 Å². The molecule has 0 spiro atoms. The van der Waals surface area contributed by atoms with Crippen molar-refractivity contribution >= 4 is 17.6 Å². The number of hydrogen-bond donors (Lipinski definition) is 1. The summed E-state index contributed by atoms with van der Waals surface area (Å²) in [6.07, 6.45) is -3.26. The summed E-state index contributed by atoms with van der Waals surface area (Å²) in [4.78, 5) is 15.3. The van der Waals surface area contributed by atoms with Gasteiger partial charge in [-0.1, -0.05) is 6.58 Å². The Bertz CT molecular complexity index is 703. The molecule has 5 nitrogen and oxygen atoms in total. The highest BCUT2D eigenvalue weighted by Gasteiger charge is 2.37. The first-order valence-electron chi connectivity index (χ1n) is 5.61. The van der Waals surface area contributed by atoms with E-state index in [2.05, 4.69) is 22.0 Å². The molecule has 1 amide bonds. The molecule has 0 aliphatic rings. The zero-order valence-corrected chi connectivity index (χ0v) is 10.7. The van der Waals surface area contributed by atoms with Gasteiger partial charge >= 0.3 is 6.18 Å². The molecule has 2 rings (SSSR count). The minimum absolute atomic E-state index is 0.0102. The lowest BCUT2D eigenvalue weighted by Gasteiger charge is -2.04. The van der Waals surface area contributed by atoms with E-state index in [1.165, 1.54) is 26.1 Å². The lowest BCUT2D eigenvalue weighted by Crippen LogP contribution is -2.19. The molecule has 0 aliphatic heterocycles. The summed E-state index contributed by atoms with van der Waals surface area (Å²) in [6.45, 7) is 4.75. The fourth-order valence-corrected chi connectivity index (χ4v) is 1.82. The largest absolute Gasteiger partial charge is 0.435 e. The number of fused-ring (bicyclic) bond motifs is 1. The number of imidazole rings is 1. The first-order chi connectivity index (χ1) is 9.29. The third-order valence-corrected chi connectivity index (χ3v) is 2.78. The Morgan fingerprint density at radius 1 is 1.50 bits per heavy atom. The van der Waals surface area contributed by atoms with Gasteiger partial charge in [0.25, 0.3) is 5.91 Å². The van der Waals surface area contributed by atoms with Crippen LogP contribution in [-0.4, -0.2) is 27.6 Å². The number of amides is 1. The Morgan fingerprint density at radius 3 is 2.65 bits per heavy atom. The maximum Gasteiger partial charge on any atom is 0.435 e. The third kappa shape index (κ3) is 2.13. The Labute approximate surface area is 112 Å². The van der Waals surface area contributed by atoms with Gasteiger partial charge in [0.2, 0.25) is 0 Å². The molecule has 0 unspecified atom stereocenters. The molecule has 8 heteroatoms. The van der Waals surface area contributed by atoms with E-state index in [1.807, 2.05) is 0 Å². The summed E-state index contributed by atoms with van der Waals surface area (Å²) in [5, 5.41) is 6.32. The molecule has 20 heavy (non-hydrogen) atoms. The van der Waals surface area contributed by atoms with Crippen molar-refractivity contribution in [3.8, 4) is 0 Å². The number of rotatable bonds is 2. The van der Waals surface area contributed by atoms with Gasteiger partial charge in [-0.25, -0.2) is 9.50 Å². The van der Waals surface area contributed by atoms with E-state index in [1.54, 1.807) is 0 Å². The number of hydrogen-bond acceptors (Lipinski definition) is 3. The van der Waals surface area contributed by atoms with Crippen LogP contribution in [0.2, 0.25) is 0 Å². The van der Waals surface area contributed by atoms with Gasteiger partial charge in [0.05, 0.1) is 17.0 Å². The fraction of sp³-hybridized carbons (Fsp3) is 0.250.